The van der Waals surface area contributed by atoms with Crippen LogP contribution in [-0.4, -0.2) is 34.6 Å². The first kappa shape index (κ1) is 17.1. The van der Waals surface area contributed by atoms with Crippen LogP contribution in [0.5, 0.6) is 5.75 Å². The number of nitrogens with one attached hydrogen (secondary N) is 2. The number of aryl methyl sites for hydroxylation is 1. The molecule has 9 heteroatoms. The smallest absolute Gasteiger partial charge is 0.359 e. The van der Waals surface area contributed by atoms with E-state index >= 15 is 0 Å². The number of aromatic hydroxyl groups is 1. The summed E-state index contributed by atoms with van der Waals surface area (Å²) in [6.07, 6.45) is 2.64. The predicted molar refractivity (Wildman–Crippen MR) is 70.1 cm³/mol. The molecule has 0 bridgehead atoms. The van der Waals surface area contributed by atoms with Gasteiger partial charge in [-0.05, 0) is 6.92 Å². The molecule has 0 atom stereocenters. The summed E-state index contributed by atoms with van der Waals surface area (Å²) < 4.78 is 0. The number of hydrogen-bond acceptors (Lipinski definition) is 6. The van der Waals surface area contributed by atoms with Gasteiger partial charge >= 0.3 is 6.03 Å². The van der Waals surface area contributed by atoms with E-state index in [1.165, 1.54) is 19.5 Å². The van der Waals surface area contributed by atoms with Gasteiger partial charge in [0.25, 0.3) is 0 Å². The van der Waals surface area contributed by atoms with Crippen LogP contribution >= 0.6 is 12.4 Å². The van der Waals surface area contributed by atoms with E-state index in [-0.39, 0.29) is 24.8 Å². The maximum Gasteiger partial charge on any atom is 0.359 e. The van der Waals surface area contributed by atoms with Gasteiger partial charge in [-0.2, -0.15) is 5.10 Å². The molecule has 8 nitrogen and oxygen atoms in total. The van der Waals surface area contributed by atoms with E-state index in [9.17, 15) is 9.90 Å². The molecule has 0 aliphatic rings. The molecular weight excluding hydrogens is 276 g/mol. The van der Waals surface area contributed by atoms with Crippen molar-refractivity contribution in [1.29, 1.82) is 0 Å². The molecule has 1 aromatic rings. The second kappa shape index (κ2) is 8.25. The molecule has 0 saturated carbocycles. The number of halogens is 1. The first-order valence-electron chi connectivity index (χ1n) is 5.00. The van der Waals surface area contributed by atoms with E-state index in [1.54, 1.807) is 6.92 Å². The lowest BCUT2D eigenvalue weighted by Gasteiger charge is -2.07. The van der Waals surface area contributed by atoms with Crippen molar-refractivity contribution in [2.24, 2.45) is 5.10 Å². The average molecular weight is 291 g/mol. The normalized spacial score (nSPS) is 10.1. The maximum atomic E-state index is 11.0. The second-order valence-electron chi connectivity index (χ2n) is 3.29. The fourth-order valence-corrected chi connectivity index (χ4v) is 1.19. The third-order valence-electron chi connectivity index (χ3n) is 2.08. The van der Waals surface area contributed by atoms with E-state index in [1.807, 2.05) is 5.48 Å². The summed E-state index contributed by atoms with van der Waals surface area (Å²) in [6, 6.07) is -0.662. The average Bonchev–Trinajstić information content (AvgIpc) is 2.35. The number of carbonyl (C=O) groups excluding carboxylic acids is 1. The standard InChI is InChI=1S/C10H14N4O4.ClH/c1-6-9(16)8(7(5-15)3-11-6)4-12-13-10(17)14-18-2;/h3-4,15-16H,5H2,1-2H3,(H2,13,14,17);1H/b12-4-;. The number of rotatable bonds is 4. The van der Waals surface area contributed by atoms with Crippen LogP contribution in [0.25, 0.3) is 0 Å². The van der Waals surface area contributed by atoms with Gasteiger partial charge in [-0.3, -0.25) is 9.82 Å². The van der Waals surface area contributed by atoms with Crippen molar-refractivity contribution in [2.45, 2.75) is 13.5 Å². The number of aliphatic hydroxyl groups is 1. The molecule has 106 valence electrons. The van der Waals surface area contributed by atoms with E-state index < -0.39 is 6.03 Å². The number of carbonyl (C=O) groups is 1. The van der Waals surface area contributed by atoms with E-state index in [0.29, 0.717) is 16.8 Å². The number of aromatic nitrogens is 1. The summed E-state index contributed by atoms with van der Waals surface area (Å²) in [5.74, 6) is -0.0979. The first-order valence-corrected chi connectivity index (χ1v) is 5.00. The Morgan fingerprint density at radius 2 is 2.32 bits per heavy atom. The van der Waals surface area contributed by atoms with Crippen molar-refractivity contribution < 1.29 is 19.8 Å². The minimum atomic E-state index is -0.662. The SMILES string of the molecule is CONC(=O)N/N=C\c1c(CO)cnc(C)c1O.Cl. The van der Waals surface area contributed by atoms with Crippen molar-refractivity contribution >= 4 is 24.7 Å². The number of amides is 2. The molecule has 0 aliphatic carbocycles. The molecule has 0 saturated heterocycles. The monoisotopic (exact) mass is 290 g/mol. The van der Waals surface area contributed by atoms with E-state index in [0.717, 1.165) is 0 Å². The minimum absolute atomic E-state index is 0. The number of hydrogen-bond donors (Lipinski definition) is 4. The topological polar surface area (TPSA) is 116 Å². The van der Waals surface area contributed by atoms with E-state index in [2.05, 4.69) is 20.3 Å². The summed E-state index contributed by atoms with van der Waals surface area (Å²) >= 11 is 0. The zero-order valence-corrected chi connectivity index (χ0v) is 11.2. The summed E-state index contributed by atoms with van der Waals surface area (Å²) in [7, 11) is 1.28. The van der Waals surface area contributed by atoms with Gasteiger partial charge in [-0.1, -0.05) is 0 Å². The summed E-state index contributed by atoms with van der Waals surface area (Å²) in [5.41, 5.74) is 5.20. The number of aliphatic hydroxyl groups excluding tert-OH is 1. The quantitative estimate of drug-likeness (QED) is 0.467. The van der Waals surface area contributed by atoms with Crippen LogP contribution in [-0.2, 0) is 11.4 Å². The molecular formula is C10H15ClN4O4. The van der Waals surface area contributed by atoms with Gasteiger partial charge in [0, 0.05) is 17.3 Å². The molecule has 19 heavy (non-hydrogen) atoms. The minimum Gasteiger partial charge on any atom is -0.505 e. The van der Waals surface area contributed by atoms with Crippen molar-refractivity contribution in [1.82, 2.24) is 15.9 Å². The molecule has 0 aliphatic heterocycles. The third-order valence-corrected chi connectivity index (χ3v) is 2.08. The molecule has 0 fully saturated rings. The third kappa shape index (κ3) is 4.70. The summed E-state index contributed by atoms with van der Waals surface area (Å²) in [6.45, 7) is 1.31. The van der Waals surface area contributed by atoms with Crippen LogP contribution in [0.2, 0.25) is 0 Å². The van der Waals surface area contributed by atoms with Crippen molar-refractivity contribution in [3.8, 4) is 5.75 Å². The van der Waals surface area contributed by atoms with Crippen LogP contribution in [0.4, 0.5) is 4.79 Å². The molecule has 1 rings (SSSR count). The number of hydroxylamine groups is 1. The van der Waals surface area contributed by atoms with Crippen molar-refractivity contribution in [2.75, 3.05) is 7.11 Å². The number of hydrazone groups is 1. The highest BCUT2D eigenvalue weighted by Gasteiger charge is 2.09. The van der Waals surface area contributed by atoms with Crippen LogP contribution in [0.3, 0.4) is 0 Å². The van der Waals surface area contributed by atoms with Gasteiger partial charge in [0.15, 0.2) is 0 Å². The van der Waals surface area contributed by atoms with Gasteiger partial charge in [0.05, 0.1) is 25.6 Å². The van der Waals surface area contributed by atoms with Crippen LogP contribution in [0.1, 0.15) is 16.8 Å². The largest absolute Gasteiger partial charge is 0.505 e. The fourth-order valence-electron chi connectivity index (χ4n) is 1.19. The molecule has 0 unspecified atom stereocenters. The molecule has 0 aromatic carbocycles. The van der Waals surface area contributed by atoms with Gasteiger partial charge < -0.3 is 10.2 Å². The first-order chi connectivity index (χ1) is 8.60. The second-order valence-corrected chi connectivity index (χ2v) is 3.29. The fraction of sp³-hybridized carbons (Fsp3) is 0.300. The van der Waals surface area contributed by atoms with Crippen LogP contribution in [0.15, 0.2) is 11.3 Å². The van der Waals surface area contributed by atoms with E-state index in [4.69, 9.17) is 5.11 Å². The highest BCUT2D eigenvalue weighted by Crippen LogP contribution is 2.21. The molecule has 2 amide bonds. The van der Waals surface area contributed by atoms with Crippen LogP contribution < -0.4 is 10.9 Å². The van der Waals surface area contributed by atoms with Gasteiger partial charge in [0.2, 0.25) is 0 Å². The Morgan fingerprint density at radius 3 is 2.89 bits per heavy atom. The summed E-state index contributed by atoms with van der Waals surface area (Å²) in [4.78, 5) is 19.2. The Labute approximate surface area is 115 Å². The lowest BCUT2D eigenvalue weighted by atomic mass is 10.1. The summed E-state index contributed by atoms with van der Waals surface area (Å²) in [5, 5.41) is 22.5. The lowest BCUT2D eigenvalue weighted by molar-refractivity contribution is 0.108. The lowest BCUT2D eigenvalue weighted by Crippen LogP contribution is -2.31. The molecule has 4 N–H and O–H groups in total. The number of urea groups is 1. The van der Waals surface area contributed by atoms with Crippen molar-refractivity contribution in [3.05, 3.63) is 23.0 Å². The predicted octanol–water partition coefficient (Wildman–Crippen LogP) is 0.204. The Morgan fingerprint density at radius 1 is 1.63 bits per heavy atom. The molecule has 0 radical (unpaired) electrons. The number of nitrogens with zero attached hydrogens (tertiary/aromatic N) is 2. The molecule has 1 heterocycles. The molecule has 1 aromatic heterocycles. The Kier molecular flexibility index (Phi) is 7.42. The van der Waals surface area contributed by atoms with Crippen molar-refractivity contribution in [3.63, 3.8) is 0 Å². The highest BCUT2D eigenvalue weighted by atomic mass is 35.5. The van der Waals surface area contributed by atoms with Crippen LogP contribution in [0, 0.1) is 6.92 Å². The van der Waals surface area contributed by atoms with Gasteiger partial charge in [-0.25, -0.2) is 15.7 Å². The molecule has 0 spiro atoms. The zero-order chi connectivity index (χ0) is 13.5. The Bertz CT molecular complexity index is 467. The van der Waals surface area contributed by atoms with Gasteiger partial charge in [0.1, 0.15) is 5.75 Å². The Balaban J connectivity index is 0.00000324. The maximum absolute atomic E-state index is 11.0. The Hall–Kier alpha value is -1.90. The zero-order valence-electron chi connectivity index (χ0n) is 10.4. The van der Waals surface area contributed by atoms with Gasteiger partial charge in [-0.15, -0.1) is 12.4 Å². The number of pyridine rings is 1. The highest BCUT2D eigenvalue weighted by molar-refractivity contribution is 5.86.